The van der Waals surface area contributed by atoms with E-state index in [0.29, 0.717) is 23.9 Å². The van der Waals surface area contributed by atoms with E-state index in [4.69, 9.17) is 16.3 Å². The van der Waals surface area contributed by atoms with Crippen molar-refractivity contribution >= 4 is 29.0 Å². The van der Waals surface area contributed by atoms with Crippen LogP contribution in [0.4, 0.5) is 20.6 Å². The van der Waals surface area contributed by atoms with Gasteiger partial charge in [-0.3, -0.25) is 0 Å². The van der Waals surface area contributed by atoms with E-state index in [9.17, 15) is 9.18 Å². The predicted molar refractivity (Wildman–Crippen MR) is 103 cm³/mol. The summed E-state index contributed by atoms with van der Waals surface area (Å²) < 4.78 is 19.0. The van der Waals surface area contributed by atoms with Gasteiger partial charge in [0.25, 0.3) is 0 Å². The van der Waals surface area contributed by atoms with Crippen molar-refractivity contribution in [2.75, 3.05) is 17.2 Å². The fourth-order valence-corrected chi connectivity index (χ4v) is 2.53. The van der Waals surface area contributed by atoms with Gasteiger partial charge in [-0.1, -0.05) is 29.8 Å². The first kappa shape index (κ1) is 18.6. The molecule has 2 N–H and O–H groups in total. The number of amides is 2. The molecule has 3 rings (SSSR count). The number of carbonyl (C=O) groups excluding carboxylic acids is 1. The molecule has 6 nitrogen and oxygen atoms in total. The Morgan fingerprint density at radius 2 is 1.85 bits per heavy atom. The summed E-state index contributed by atoms with van der Waals surface area (Å²) in [7, 11) is 0. The summed E-state index contributed by atoms with van der Waals surface area (Å²) in [6.45, 7) is 2.39. The van der Waals surface area contributed by atoms with Gasteiger partial charge in [0.15, 0.2) is 0 Å². The average molecular weight is 387 g/mol. The Morgan fingerprint density at radius 3 is 2.48 bits per heavy atom. The molecule has 0 aliphatic rings. The Bertz CT molecular complexity index is 913. The largest absolute Gasteiger partial charge is 0.477 e. The third-order valence-corrected chi connectivity index (χ3v) is 3.89. The molecular formula is C19H16ClFN4O2. The van der Waals surface area contributed by atoms with E-state index < -0.39 is 11.8 Å². The van der Waals surface area contributed by atoms with E-state index in [1.807, 2.05) is 6.92 Å². The second-order valence-corrected chi connectivity index (χ2v) is 5.85. The van der Waals surface area contributed by atoms with E-state index in [2.05, 4.69) is 20.8 Å². The predicted octanol–water partition coefficient (Wildman–Crippen LogP) is 4.98. The maximum absolute atomic E-state index is 13.7. The third kappa shape index (κ3) is 4.71. The monoisotopic (exact) mass is 386 g/mol. The van der Waals surface area contributed by atoms with Crippen LogP contribution in [-0.2, 0) is 0 Å². The van der Waals surface area contributed by atoms with Crippen molar-refractivity contribution in [1.29, 1.82) is 0 Å². The number of nitrogens with zero attached hydrogens (tertiary/aromatic N) is 2. The summed E-state index contributed by atoms with van der Waals surface area (Å²) in [6.07, 6.45) is 0. The number of halogens is 2. The van der Waals surface area contributed by atoms with Crippen molar-refractivity contribution in [3.8, 4) is 17.1 Å². The van der Waals surface area contributed by atoms with Gasteiger partial charge in [0.2, 0.25) is 5.88 Å². The molecule has 2 aromatic carbocycles. The quantitative estimate of drug-likeness (QED) is 0.648. The number of benzene rings is 2. The molecule has 0 aliphatic carbocycles. The number of para-hydroxylation sites is 1. The zero-order valence-corrected chi connectivity index (χ0v) is 15.1. The van der Waals surface area contributed by atoms with E-state index in [-0.39, 0.29) is 10.7 Å². The molecule has 0 bridgehead atoms. The van der Waals surface area contributed by atoms with Gasteiger partial charge in [0, 0.05) is 17.3 Å². The lowest BCUT2D eigenvalue weighted by Crippen LogP contribution is -2.20. The number of hydrogen-bond acceptors (Lipinski definition) is 4. The fourth-order valence-electron chi connectivity index (χ4n) is 2.32. The molecule has 1 aromatic heterocycles. The van der Waals surface area contributed by atoms with Crippen LogP contribution in [0, 0.1) is 5.82 Å². The first-order valence-electron chi connectivity index (χ1n) is 8.16. The standard InChI is InChI=1S/C19H16ClFN4O2/c1-2-27-17-11-10-16(24-25-17)12-6-8-13(9-7-12)22-19(26)23-18-14(20)4-3-5-15(18)21/h3-11H,2H2,1H3,(H2,22,23,26). The lowest BCUT2D eigenvalue weighted by atomic mass is 10.1. The van der Waals surface area contributed by atoms with Crippen LogP contribution in [0.3, 0.4) is 0 Å². The summed E-state index contributed by atoms with van der Waals surface area (Å²) >= 11 is 5.89. The van der Waals surface area contributed by atoms with Crippen LogP contribution in [0.1, 0.15) is 6.92 Å². The van der Waals surface area contributed by atoms with E-state index in [1.54, 1.807) is 36.4 Å². The van der Waals surface area contributed by atoms with E-state index >= 15 is 0 Å². The lowest BCUT2D eigenvalue weighted by molar-refractivity contribution is 0.262. The van der Waals surface area contributed by atoms with Crippen LogP contribution in [0.15, 0.2) is 54.6 Å². The van der Waals surface area contributed by atoms with Crippen molar-refractivity contribution in [3.63, 3.8) is 0 Å². The number of aromatic nitrogens is 2. The highest BCUT2D eigenvalue weighted by Gasteiger charge is 2.11. The maximum atomic E-state index is 13.7. The molecule has 2 amide bonds. The number of rotatable bonds is 5. The minimum Gasteiger partial charge on any atom is -0.477 e. The number of anilines is 2. The summed E-state index contributed by atoms with van der Waals surface area (Å²) in [5.74, 6) is -0.148. The highest BCUT2D eigenvalue weighted by Crippen LogP contribution is 2.25. The summed E-state index contributed by atoms with van der Waals surface area (Å²) in [5, 5.41) is 13.2. The van der Waals surface area contributed by atoms with Crippen molar-refractivity contribution in [2.24, 2.45) is 0 Å². The van der Waals surface area contributed by atoms with E-state index in [0.717, 1.165) is 5.56 Å². The van der Waals surface area contributed by atoms with Gasteiger partial charge < -0.3 is 15.4 Å². The molecule has 0 spiro atoms. The van der Waals surface area contributed by atoms with Gasteiger partial charge in [0.1, 0.15) is 5.82 Å². The molecule has 0 aliphatic heterocycles. The number of hydrogen-bond donors (Lipinski definition) is 2. The first-order chi connectivity index (χ1) is 13.1. The molecule has 3 aromatic rings. The van der Waals surface area contributed by atoms with Gasteiger partial charge >= 0.3 is 6.03 Å². The van der Waals surface area contributed by atoms with Crippen LogP contribution in [0.25, 0.3) is 11.3 Å². The van der Waals surface area contributed by atoms with Gasteiger partial charge in [-0.2, -0.15) is 0 Å². The number of ether oxygens (including phenoxy) is 1. The topological polar surface area (TPSA) is 76.1 Å². The molecule has 0 fully saturated rings. The smallest absolute Gasteiger partial charge is 0.323 e. The Morgan fingerprint density at radius 1 is 1.07 bits per heavy atom. The molecule has 138 valence electrons. The minimum absolute atomic E-state index is 0.0713. The van der Waals surface area contributed by atoms with Crippen LogP contribution < -0.4 is 15.4 Å². The Labute approximate surface area is 160 Å². The van der Waals surface area contributed by atoms with Gasteiger partial charge in [0.05, 0.1) is 23.0 Å². The third-order valence-electron chi connectivity index (χ3n) is 3.57. The van der Waals surface area contributed by atoms with Crippen molar-refractivity contribution in [1.82, 2.24) is 10.2 Å². The molecule has 0 saturated heterocycles. The molecule has 0 atom stereocenters. The lowest BCUT2D eigenvalue weighted by Gasteiger charge is -2.10. The number of carbonyl (C=O) groups is 1. The van der Waals surface area contributed by atoms with Crippen molar-refractivity contribution in [3.05, 3.63) is 65.4 Å². The minimum atomic E-state index is -0.609. The van der Waals surface area contributed by atoms with Crippen molar-refractivity contribution in [2.45, 2.75) is 6.92 Å². The normalized spacial score (nSPS) is 10.3. The van der Waals surface area contributed by atoms with Gasteiger partial charge in [-0.25, -0.2) is 9.18 Å². The average Bonchev–Trinajstić information content (AvgIpc) is 2.66. The summed E-state index contributed by atoms with van der Waals surface area (Å²) in [5.41, 5.74) is 1.96. The van der Waals surface area contributed by atoms with Crippen LogP contribution in [0.5, 0.6) is 5.88 Å². The highest BCUT2D eigenvalue weighted by atomic mass is 35.5. The SMILES string of the molecule is CCOc1ccc(-c2ccc(NC(=O)Nc3c(F)cccc3Cl)cc2)nn1. The zero-order chi connectivity index (χ0) is 19.2. The first-order valence-corrected chi connectivity index (χ1v) is 8.53. The second kappa shape index (κ2) is 8.46. The Kier molecular flexibility index (Phi) is 5.83. The fraction of sp³-hybridized carbons (Fsp3) is 0.105. The zero-order valence-electron chi connectivity index (χ0n) is 14.4. The Balaban J connectivity index is 1.66. The van der Waals surface area contributed by atoms with Crippen LogP contribution >= 0.6 is 11.6 Å². The van der Waals surface area contributed by atoms with E-state index in [1.165, 1.54) is 18.2 Å². The van der Waals surface area contributed by atoms with Crippen LogP contribution in [0.2, 0.25) is 5.02 Å². The summed E-state index contributed by atoms with van der Waals surface area (Å²) in [6, 6.07) is 14.1. The molecule has 1 heterocycles. The number of urea groups is 1. The maximum Gasteiger partial charge on any atom is 0.323 e. The van der Waals surface area contributed by atoms with Gasteiger partial charge in [-0.05, 0) is 37.3 Å². The molecule has 0 unspecified atom stereocenters. The van der Waals surface area contributed by atoms with Gasteiger partial charge in [-0.15, -0.1) is 10.2 Å². The molecule has 8 heteroatoms. The molecular weight excluding hydrogens is 371 g/mol. The Hall–Kier alpha value is -3.19. The highest BCUT2D eigenvalue weighted by molar-refractivity contribution is 6.33. The van der Waals surface area contributed by atoms with Crippen LogP contribution in [-0.4, -0.2) is 22.8 Å². The summed E-state index contributed by atoms with van der Waals surface area (Å²) in [4.78, 5) is 12.1. The number of nitrogens with one attached hydrogen (secondary N) is 2. The second-order valence-electron chi connectivity index (χ2n) is 5.44. The molecule has 0 radical (unpaired) electrons. The van der Waals surface area contributed by atoms with Crippen molar-refractivity contribution < 1.29 is 13.9 Å². The molecule has 0 saturated carbocycles. The molecule has 27 heavy (non-hydrogen) atoms.